The average Bonchev–Trinajstić information content (AvgIpc) is 3.25. The lowest BCUT2D eigenvalue weighted by Gasteiger charge is -2.24. The van der Waals surface area contributed by atoms with Crippen LogP contribution in [0.2, 0.25) is 0 Å². The summed E-state index contributed by atoms with van der Waals surface area (Å²) >= 11 is 1.43. The smallest absolute Gasteiger partial charge is 0.236 e. The van der Waals surface area contributed by atoms with Crippen molar-refractivity contribution in [3.63, 3.8) is 0 Å². The summed E-state index contributed by atoms with van der Waals surface area (Å²) in [7, 11) is 0. The molecule has 1 aromatic rings. The number of benzene rings is 1. The molecular formula is C16H19FN2O2S. The predicted molar refractivity (Wildman–Crippen MR) is 83.7 cm³/mol. The summed E-state index contributed by atoms with van der Waals surface area (Å²) < 4.78 is 14.0. The minimum Gasteiger partial charge on any atom is -0.353 e. The molecule has 6 heteroatoms. The molecule has 1 saturated carbocycles. The SMILES string of the molecule is CC1SC(c2ccccc2F)N(CCC(=O)NC2CC2)C1=O. The monoisotopic (exact) mass is 322 g/mol. The molecule has 4 nitrogen and oxygen atoms in total. The Morgan fingerprint density at radius 2 is 2.14 bits per heavy atom. The predicted octanol–water partition coefficient (Wildman–Crippen LogP) is 2.46. The third-order valence-corrected chi connectivity index (χ3v) is 5.32. The largest absolute Gasteiger partial charge is 0.353 e. The van der Waals surface area contributed by atoms with E-state index in [1.807, 2.05) is 6.92 Å². The second-order valence-electron chi connectivity index (χ2n) is 5.78. The number of carbonyl (C=O) groups excluding carboxylic acids is 2. The molecule has 1 heterocycles. The van der Waals surface area contributed by atoms with Gasteiger partial charge in [0, 0.05) is 24.6 Å². The van der Waals surface area contributed by atoms with E-state index in [4.69, 9.17) is 0 Å². The first-order valence-corrected chi connectivity index (χ1v) is 8.50. The number of amides is 2. The highest BCUT2D eigenvalue weighted by Gasteiger charge is 2.39. The Morgan fingerprint density at radius 3 is 2.82 bits per heavy atom. The van der Waals surface area contributed by atoms with Gasteiger partial charge in [-0.1, -0.05) is 18.2 Å². The van der Waals surface area contributed by atoms with Crippen LogP contribution in [0.3, 0.4) is 0 Å². The highest BCUT2D eigenvalue weighted by Crippen LogP contribution is 2.43. The second-order valence-corrected chi connectivity index (χ2v) is 7.20. The van der Waals surface area contributed by atoms with Crippen LogP contribution in [0.5, 0.6) is 0 Å². The van der Waals surface area contributed by atoms with Crippen LogP contribution in [0.4, 0.5) is 4.39 Å². The highest BCUT2D eigenvalue weighted by molar-refractivity contribution is 8.01. The first-order chi connectivity index (χ1) is 10.6. The van der Waals surface area contributed by atoms with Gasteiger partial charge in [-0.3, -0.25) is 9.59 Å². The van der Waals surface area contributed by atoms with Gasteiger partial charge in [-0.05, 0) is 25.8 Å². The maximum Gasteiger partial charge on any atom is 0.236 e. The van der Waals surface area contributed by atoms with Gasteiger partial charge in [-0.2, -0.15) is 0 Å². The van der Waals surface area contributed by atoms with Gasteiger partial charge >= 0.3 is 0 Å². The molecular weight excluding hydrogens is 303 g/mol. The molecule has 0 bridgehead atoms. The van der Waals surface area contributed by atoms with Gasteiger partial charge in [0.2, 0.25) is 11.8 Å². The molecule has 1 aliphatic carbocycles. The van der Waals surface area contributed by atoms with Gasteiger partial charge in [0.1, 0.15) is 11.2 Å². The fraction of sp³-hybridized carbons (Fsp3) is 0.500. The Morgan fingerprint density at radius 1 is 1.41 bits per heavy atom. The standard InChI is InChI=1S/C16H19FN2O2S/c1-10-15(21)19(9-8-14(20)18-11-6-7-11)16(22-10)12-4-2-3-5-13(12)17/h2-5,10-11,16H,6-9H2,1H3,(H,18,20). The lowest BCUT2D eigenvalue weighted by Crippen LogP contribution is -2.35. The van der Waals surface area contributed by atoms with E-state index < -0.39 is 0 Å². The van der Waals surface area contributed by atoms with E-state index >= 15 is 0 Å². The van der Waals surface area contributed by atoms with E-state index in [2.05, 4.69) is 5.32 Å². The third-order valence-electron chi connectivity index (χ3n) is 3.94. The van der Waals surface area contributed by atoms with Crippen molar-refractivity contribution in [2.45, 2.75) is 42.9 Å². The molecule has 1 aliphatic heterocycles. The van der Waals surface area contributed by atoms with Crippen LogP contribution < -0.4 is 5.32 Å². The molecule has 2 aliphatic rings. The minimum atomic E-state index is -0.350. The van der Waals surface area contributed by atoms with E-state index in [0.717, 1.165) is 12.8 Å². The number of rotatable bonds is 5. The zero-order chi connectivity index (χ0) is 15.7. The molecule has 1 aromatic carbocycles. The molecule has 2 unspecified atom stereocenters. The molecule has 1 N–H and O–H groups in total. The van der Waals surface area contributed by atoms with Crippen LogP contribution >= 0.6 is 11.8 Å². The Balaban J connectivity index is 1.69. The minimum absolute atomic E-state index is 0.0301. The Hall–Kier alpha value is -1.56. The molecule has 118 valence electrons. The summed E-state index contributed by atoms with van der Waals surface area (Å²) in [4.78, 5) is 25.7. The fourth-order valence-electron chi connectivity index (χ4n) is 2.57. The zero-order valence-electron chi connectivity index (χ0n) is 12.4. The summed E-state index contributed by atoms with van der Waals surface area (Å²) in [5.74, 6) is -0.376. The van der Waals surface area contributed by atoms with E-state index in [9.17, 15) is 14.0 Å². The van der Waals surface area contributed by atoms with Crippen LogP contribution in [0, 0.1) is 5.82 Å². The van der Waals surface area contributed by atoms with E-state index in [1.54, 1.807) is 23.1 Å². The Labute approximate surface area is 133 Å². The van der Waals surface area contributed by atoms with Crippen molar-refractivity contribution >= 4 is 23.6 Å². The quantitative estimate of drug-likeness (QED) is 0.906. The maximum atomic E-state index is 14.0. The summed E-state index contributed by atoms with van der Waals surface area (Å²) in [6, 6.07) is 6.83. The summed E-state index contributed by atoms with van der Waals surface area (Å²) in [6.45, 7) is 2.15. The number of halogens is 1. The highest BCUT2D eigenvalue weighted by atomic mass is 32.2. The van der Waals surface area contributed by atoms with E-state index in [0.29, 0.717) is 18.2 Å². The Kier molecular flexibility index (Phi) is 4.38. The van der Waals surface area contributed by atoms with Crippen molar-refractivity contribution in [1.29, 1.82) is 0 Å². The molecule has 2 fully saturated rings. The third kappa shape index (κ3) is 3.27. The van der Waals surface area contributed by atoms with E-state index in [1.165, 1.54) is 17.8 Å². The van der Waals surface area contributed by atoms with Crippen LogP contribution in [0.25, 0.3) is 0 Å². The fourth-order valence-corrected chi connectivity index (χ4v) is 3.90. The Bertz CT molecular complexity index is 591. The van der Waals surface area contributed by atoms with Gasteiger partial charge in [0.15, 0.2) is 0 Å². The number of nitrogens with one attached hydrogen (secondary N) is 1. The van der Waals surface area contributed by atoms with Crippen molar-refractivity contribution in [2.24, 2.45) is 0 Å². The number of nitrogens with zero attached hydrogens (tertiary/aromatic N) is 1. The average molecular weight is 322 g/mol. The first-order valence-electron chi connectivity index (χ1n) is 7.56. The van der Waals surface area contributed by atoms with Crippen LogP contribution in [-0.4, -0.2) is 34.6 Å². The summed E-state index contributed by atoms with van der Waals surface area (Å²) in [5.41, 5.74) is 0.507. The maximum absolute atomic E-state index is 14.0. The van der Waals surface area contributed by atoms with Gasteiger partial charge < -0.3 is 10.2 Å². The second kappa shape index (κ2) is 6.28. The molecule has 1 saturated heterocycles. The van der Waals surface area contributed by atoms with Crippen LogP contribution in [0.15, 0.2) is 24.3 Å². The number of thioether (sulfide) groups is 1. The van der Waals surface area contributed by atoms with Crippen molar-refractivity contribution in [3.8, 4) is 0 Å². The van der Waals surface area contributed by atoms with Crippen molar-refractivity contribution in [1.82, 2.24) is 10.2 Å². The van der Waals surface area contributed by atoms with Gasteiger partial charge in [0.05, 0.1) is 5.25 Å². The topological polar surface area (TPSA) is 49.4 Å². The van der Waals surface area contributed by atoms with Crippen molar-refractivity contribution < 1.29 is 14.0 Å². The molecule has 0 spiro atoms. The molecule has 2 atom stereocenters. The summed E-state index contributed by atoms with van der Waals surface area (Å²) in [5, 5.41) is 2.35. The summed E-state index contributed by atoms with van der Waals surface area (Å²) in [6.07, 6.45) is 2.35. The normalized spacial score (nSPS) is 24.6. The number of carbonyl (C=O) groups is 2. The van der Waals surface area contributed by atoms with Gasteiger partial charge in [-0.15, -0.1) is 11.8 Å². The van der Waals surface area contributed by atoms with Crippen molar-refractivity contribution in [3.05, 3.63) is 35.6 Å². The lowest BCUT2D eigenvalue weighted by atomic mass is 10.2. The van der Waals surface area contributed by atoms with Crippen LogP contribution in [0.1, 0.15) is 37.1 Å². The van der Waals surface area contributed by atoms with Gasteiger partial charge in [-0.25, -0.2) is 4.39 Å². The number of hydrogen-bond donors (Lipinski definition) is 1. The lowest BCUT2D eigenvalue weighted by molar-refractivity contribution is -0.130. The number of hydrogen-bond acceptors (Lipinski definition) is 3. The first kappa shape index (κ1) is 15.3. The van der Waals surface area contributed by atoms with Gasteiger partial charge in [0.25, 0.3) is 0 Å². The van der Waals surface area contributed by atoms with E-state index in [-0.39, 0.29) is 34.7 Å². The van der Waals surface area contributed by atoms with Crippen LogP contribution in [-0.2, 0) is 9.59 Å². The van der Waals surface area contributed by atoms with Crippen molar-refractivity contribution in [2.75, 3.05) is 6.54 Å². The molecule has 0 radical (unpaired) electrons. The molecule has 22 heavy (non-hydrogen) atoms. The molecule has 3 rings (SSSR count). The molecule has 0 aromatic heterocycles. The zero-order valence-corrected chi connectivity index (χ0v) is 13.2. The molecule has 2 amide bonds.